The van der Waals surface area contributed by atoms with Crippen LogP contribution in [0.3, 0.4) is 0 Å². The second-order valence-corrected chi connectivity index (χ2v) is 3.73. The summed E-state index contributed by atoms with van der Waals surface area (Å²) in [5.74, 6) is -0.0282. The Morgan fingerprint density at radius 3 is 3.09 bits per heavy atom. The zero-order valence-electron chi connectivity index (χ0n) is 6.47. The molecule has 2 rings (SSSR count). The molecule has 0 amide bonds. The molecule has 1 aliphatic heterocycles. The minimum atomic E-state index is -0.653. The molecule has 1 aliphatic carbocycles. The first kappa shape index (κ1) is 7.10. The van der Waals surface area contributed by atoms with Crippen LogP contribution in [0, 0.1) is 5.92 Å². The molecular weight excluding hydrogens is 142 g/mol. The molecule has 1 heterocycles. The van der Waals surface area contributed by atoms with Gasteiger partial charge in [0.05, 0.1) is 0 Å². The van der Waals surface area contributed by atoms with Crippen molar-refractivity contribution in [2.75, 3.05) is 6.54 Å². The van der Waals surface area contributed by atoms with Gasteiger partial charge < -0.3 is 10.4 Å². The van der Waals surface area contributed by atoms with Gasteiger partial charge >= 0.3 is 5.97 Å². The van der Waals surface area contributed by atoms with Gasteiger partial charge in [0, 0.05) is 0 Å². The average Bonchev–Trinajstić information content (AvgIpc) is 2.29. The van der Waals surface area contributed by atoms with Gasteiger partial charge in [-0.25, -0.2) is 0 Å². The van der Waals surface area contributed by atoms with E-state index in [1.54, 1.807) is 0 Å². The number of hydrogen-bond donors (Lipinski definition) is 2. The molecule has 0 spiro atoms. The van der Waals surface area contributed by atoms with E-state index in [1.807, 2.05) is 0 Å². The highest BCUT2D eigenvalue weighted by Crippen LogP contribution is 2.37. The maximum absolute atomic E-state index is 10.9. The fourth-order valence-corrected chi connectivity index (χ4v) is 2.33. The molecule has 62 valence electrons. The quantitative estimate of drug-likeness (QED) is 0.583. The van der Waals surface area contributed by atoms with Crippen LogP contribution in [0.25, 0.3) is 0 Å². The van der Waals surface area contributed by atoms with Gasteiger partial charge in [0.15, 0.2) is 0 Å². The lowest BCUT2D eigenvalue weighted by Crippen LogP contribution is -2.47. The summed E-state index contributed by atoms with van der Waals surface area (Å²) in [5, 5.41) is 12.1. The van der Waals surface area contributed by atoms with E-state index in [-0.39, 0.29) is 0 Å². The Morgan fingerprint density at radius 2 is 2.45 bits per heavy atom. The number of carboxylic acid groups (broad SMARTS) is 1. The van der Waals surface area contributed by atoms with E-state index in [4.69, 9.17) is 5.11 Å². The van der Waals surface area contributed by atoms with Crippen molar-refractivity contribution in [3.05, 3.63) is 0 Å². The summed E-state index contributed by atoms with van der Waals surface area (Å²) >= 11 is 0. The molecule has 1 unspecified atom stereocenters. The second-order valence-electron chi connectivity index (χ2n) is 3.73. The monoisotopic (exact) mass is 155 g/mol. The van der Waals surface area contributed by atoms with Gasteiger partial charge in [-0.1, -0.05) is 6.42 Å². The van der Waals surface area contributed by atoms with Crippen molar-refractivity contribution in [2.45, 2.75) is 31.2 Å². The molecule has 0 aromatic heterocycles. The Balaban J connectivity index is 2.19. The zero-order chi connectivity index (χ0) is 7.90. The van der Waals surface area contributed by atoms with Crippen molar-refractivity contribution < 1.29 is 9.90 Å². The van der Waals surface area contributed by atoms with Crippen LogP contribution >= 0.6 is 0 Å². The lowest BCUT2D eigenvalue weighted by Gasteiger charge is -2.27. The minimum Gasteiger partial charge on any atom is -0.480 e. The van der Waals surface area contributed by atoms with E-state index in [9.17, 15) is 4.79 Å². The number of carbonyl (C=O) groups is 1. The molecular formula is C8H13NO2. The van der Waals surface area contributed by atoms with Crippen LogP contribution in [-0.2, 0) is 4.79 Å². The summed E-state index contributed by atoms with van der Waals surface area (Å²) in [4.78, 5) is 10.9. The highest BCUT2D eigenvalue weighted by Gasteiger charge is 2.47. The third kappa shape index (κ3) is 0.948. The molecule has 0 aromatic carbocycles. The Morgan fingerprint density at radius 1 is 1.64 bits per heavy atom. The summed E-state index contributed by atoms with van der Waals surface area (Å²) in [6, 6.07) is 0. The maximum atomic E-state index is 10.9. The molecule has 1 saturated heterocycles. The molecule has 0 radical (unpaired) electrons. The first-order chi connectivity index (χ1) is 5.23. The molecule has 2 aliphatic rings. The van der Waals surface area contributed by atoms with Crippen LogP contribution < -0.4 is 5.32 Å². The predicted molar refractivity (Wildman–Crippen MR) is 40.3 cm³/mol. The van der Waals surface area contributed by atoms with Gasteiger partial charge in [-0.2, -0.15) is 0 Å². The molecule has 3 nitrogen and oxygen atoms in total. The largest absolute Gasteiger partial charge is 0.480 e. The Labute approximate surface area is 65.8 Å². The van der Waals surface area contributed by atoms with Crippen LogP contribution in [0.15, 0.2) is 0 Å². The molecule has 2 atom stereocenters. The van der Waals surface area contributed by atoms with Crippen LogP contribution in [0.4, 0.5) is 0 Å². The van der Waals surface area contributed by atoms with Gasteiger partial charge in [-0.3, -0.25) is 4.79 Å². The molecule has 2 N–H and O–H groups in total. The molecule has 1 saturated carbocycles. The fourth-order valence-electron chi connectivity index (χ4n) is 2.33. The van der Waals surface area contributed by atoms with Gasteiger partial charge in [0.2, 0.25) is 0 Å². The first-order valence-corrected chi connectivity index (χ1v) is 4.21. The van der Waals surface area contributed by atoms with E-state index in [2.05, 4.69) is 5.32 Å². The molecule has 2 fully saturated rings. The zero-order valence-corrected chi connectivity index (χ0v) is 6.47. The van der Waals surface area contributed by atoms with Crippen LogP contribution in [0.1, 0.15) is 25.7 Å². The van der Waals surface area contributed by atoms with E-state index in [1.165, 1.54) is 6.42 Å². The highest BCUT2D eigenvalue weighted by atomic mass is 16.4. The topological polar surface area (TPSA) is 49.3 Å². The van der Waals surface area contributed by atoms with Crippen LogP contribution in [0.2, 0.25) is 0 Å². The minimum absolute atomic E-state index is 0.539. The van der Waals surface area contributed by atoms with Crippen molar-refractivity contribution in [1.29, 1.82) is 0 Å². The number of fused-ring (bicyclic) bond motifs is 2. The van der Waals surface area contributed by atoms with E-state index < -0.39 is 11.5 Å². The van der Waals surface area contributed by atoms with Gasteiger partial charge in [0.25, 0.3) is 0 Å². The van der Waals surface area contributed by atoms with E-state index in [0.717, 1.165) is 25.8 Å². The van der Waals surface area contributed by atoms with Crippen molar-refractivity contribution in [2.24, 2.45) is 5.92 Å². The Kier molecular flexibility index (Phi) is 1.42. The summed E-state index contributed by atoms with van der Waals surface area (Å²) in [6.07, 6.45) is 3.95. The third-order valence-corrected chi connectivity index (χ3v) is 2.99. The molecule has 11 heavy (non-hydrogen) atoms. The number of rotatable bonds is 1. The number of aliphatic carboxylic acids is 1. The number of nitrogens with one attached hydrogen (secondary N) is 1. The first-order valence-electron chi connectivity index (χ1n) is 4.21. The van der Waals surface area contributed by atoms with Crippen molar-refractivity contribution in [3.8, 4) is 0 Å². The standard InChI is InChI=1S/C8H13NO2/c10-7(11)8-3-1-2-6(4-8)5-9-8/h6,9H,1-5H2,(H,10,11)/t6-,8?/m1/s1. The lowest BCUT2D eigenvalue weighted by atomic mass is 9.80. The number of carboxylic acids is 1. The normalized spacial score (nSPS) is 42.4. The summed E-state index contributed by atoms with van der Waals surface area (Å²) in [7, 11) is 0. The maximum Gasteiger partial charge on any atom is 0.323 e. The van der Waals surface area contributed by atoms with Gasteiger partial charge in [-0.15, -0.1) is 0 Å². The Bertz CT molecular complexity index is 189. The van der Waals surface area contributed by atoms with Crippen molar-refractivity contribution >= 4 is 5.97 Å². The average molecular weight is 155 g/mol. The summed E-state index contributed by atoms with van der Waals surface area (Å²) < 4.78 is 0. The summed E-state index contributed by atoms with van der Waals surface area (Å²) in [6.45, 7) is 0.909. The smallest absolute Gasteiger partial charge is 0.323 e. The van der Waals surface area contributed by atoms with Crippen molar-refractivity contribution in [3.63, 3.8) is 0 Å². The van der Waals surface area contributed by atoms with E-state index in [0.29, 0.717) is 5.92 Å². The predicted octanol–water partition coefficient (Wildman–Crippen LogP) is 0.603. The van der Waals surface area contributed by atoms with Gasteiger partial charge in [0.1, 0.15) is 5.54 Å². The van der Waals surface area contributed by atoms with Gasteiger partial charge in [-0.05, 0) is 31.7 Å². The lowest BCUT2D eigenvalue weighted by molar-refractivity contribution is -0.145. The van der Waals surface area contributed by atoms with Crippen LogP contribution in [-0.4, -0.2) is 23.2 Å². The fraction of sp³-hybridized carbons (Fsp3) is 0.875. The third-order valence-electron chi connectivity index (χ3n) is 2.99. The second kappa shape index (κ2) is 2.21. The number of hydrogen-bond acceptors (Lipinski definition) is 2. The van der Waals surface area contributed by atoms with Crippen molar-refractivity contribution in [1.82, 2.24) is 5.32 Å². The van der Waals surface area contributed by atoms with Crippen LogP contribution in [0.5, 0.6) is 0 Å². The molecule has 3 heteroatoms. The Hall–Kier alpha value is -0.570. The van der Waals surface area contributed by atoms with E-state index >= 15 is 0 Å². The molecule has 2 bridgehead atoms. The highest BCUT2D eigenvalue weighted by molar-refractivity contribution is 5.79. The summed E-state index contributed by atoms with van der Waals surface area (Å²) in [5.41, 5.74) is -0.539. The molecule has 0 aromatic rings. The SMILES string of the molecule is O=C(O)C12CCC[C@@H](CN1)C2.